The Morgan fingerprint density at radius 3 is 2.71 bits per heavy atom. The summed E-state index contributed by atoms with van der Waals surface area (Å²) >= 11 is 0. The first-order valence-electron chi connectivity index (χ1n) is 6.85. The standard InChI is InChI=1S/C15H17F2NO3/c1-9-5-11(13(17)7-12(9)16)15(21)18-4-2-3-10(8-18)6-14(19)20/h5,7,10H,2-4,6,8H2,1H3,(H,19,20). The second-order valence-electron chi connectivity index (χ2n) is 5.44. The van der Waals surface area contributed by atoms with Gasteiger partial charge in [-0.1, -0.05) is 0 Å². The molecule has 0 saturated carbocycles. The molecular formula is C15H17F2NO3. The smallest absolute Gasteiger partial charge is 0.303 e. The second-order valence-corrected chi connectivity index (χ2v) is 5.44. The maximum Gasteiger partial charge on any atom is 0.303 e. The van der Waals surface area contributed by atoms with E-state index in [0.717, 1.165) is 6.42 Å². The van der Waals surface area contributed by atoms with Crippen molar-refractivity contribution in [1.82, 2.24) is 4.90 Å². The summed E-state index contributed by atoms with van der Waals surface area (Å²) in [4.78, 5) is 24.5. The number of piperidine rings is 1. The minimum Gasteiger partial charge on any atom is -0.481 e. The highest BCUT2D eigenvalue weighted by molar-refractivity contribution is 5.94. The van der Waals surface area contributed by atoms with Crippen LogP contribution in [0.1, 0.15) is 35.2 Å². The lowest BCUT2D eigenvalue weighted by molar-refractivity contribution is -0.138. The molecule has 0 aromatic heterocycles. The molecule has 0 bridgehead atoms. The van der Waals surface area contributed by atoms with E-state index in [9.17, 15) is 18.4 Å². The molecule has 2 rings (SSSR count). The van der Waals surface area contributed by atoms with Crippen LogP contribution in [0.15, 0.2) is 12.1 Å². The van der Waals surface area contributed by atoms with E-state index >= 15 is 0 Å². The summed E-state index contributed by atoms with van der Waals surface area (Å²) < 4.78 is 27.0. The first-order chi connectivity index (χ1) is 9.88. The van der Waals surface area contributed by atoms with E-state index in [2.05, 4.69) is 0 Å². The third-order valence-corrected chi connectivity index (χ3v) is 3.75. The summed E-state index contributed by atoms with van der Waals surface area (Å²) in [5, 5.41) is 8.81. The number of likely N-dealkylation sites (tertiary alicyclic amines) is 1. The molecule has 1 aromatic rings. The quantitative estimate of drug-likeness (QED) is 0.933. The van der Waals surface area contributed by atoms with Gasteiger partial charge in [-0.3, -0.25) is 9.59 Å². The first-order valence-corrected chi connectivity index (χ1v) is 6.85. The molecular weight excluding hydrogens is 280 g/mol. The fraction of sp³-hybridized carbons (Fsp3) is 0.467. The van der Waals surface area contributed by atoms with E-state index in [0.29, 0.717) is 25.6 Å². The molecule has 6 heteroatoms. The van der Waals surface area contributed by atoms with Crippen molar-refractivity contribution in [2.45, 2.75) is 26.2 Å². The third kappa shape index (κ3) is 3.56. The number of carboxylic acid groups (broad SMARTS) is 1. The monoisotopic (exact) mass is 297 g/mol. The highest BCUT2D eigenvalue weighted by Crippen LogP contribution is 2.23. The van der Waals surface area contributed by atoms with Crippen LogP contribution in [0.3, 0.4) is 0 Å². The minimum atomic E-state index is -0.905. The van der Waals surface area contributed by atoms with Crippen molar-refractivity contribution in [3.05, 3.63) is 34.9 Å². The van der Waals surface area contributed by atoms with Gasteiger partial charge in [-0.05, 0) is 37.3 Å². The number of hydrogen-bond donors (Lipinski definition) is 1. The lowest BCUT2D eigenvalue weighted by Crippen LogP contribution is -2.40. The Hall–Kier alpha value is -1.98. The van der Waals surface area contributed by atoms with Crippen LogP contribution >= 0.6 is 0 Å². The largest absolute Gasteiger partial charge is 0.481 e. The van der Waals surface area contributed by atoms with Crippen molar-refractivity contribution >= 4 is 11.9 Å². The molecule has 1 amide bonds. The molecule has 1 aliphatic rings. The van der Waals surface area contributed by atoms with Crippen LogP contribution in [-0.2, 0) is 4.79 Å². The predicted molar refractivity (Wildman–Crippen MR) is 72.0 cm³/mol. The highest BCUT2D eigenvalue weighted by Gasteiger charge is 2.27. The zero-order chi connectivity index (χ0) is 15.6. The van der Waals surface area contributed by atoms with Crippen molar-refractivity contribution < 1.29 is 23.5 Å². The average molecular weight is 297 g/mol. The number of aryl methyl sites for hydroxylation is 1. The number of carbonyl (C=O) groups is 2. The molecule has 0 spiro atoms. The molecule has 1 saturated heterocycles. The van der Waals surface area contributed by atoms with E-state index in [1.54, 1.807) is 0 Å². The highest BCUT2D eigenvalue weighted by atomic mass is 19.1. The van der Waals surface area contributed by atoms with Crippen molar-refractivity contribution in [1.29, 1.82) is 0 Å². The molecule has 114 valence electrons. The summed E-state index contributed by atoms with van der Waals surface area (Å²) in [5.74, 6) is -3.11. The van der Waals surface area contributed by atoms with Crippen LogP contribution < -0.4 is 0 Å². The van der Waals surface area contributed by atoms with Gasteiger partial charge in [0.15, 0.2) is 0 Å². The van der Waals surface area contributed by atoms with Crippen molar-refractivity contribution in [2.24, 2.45) is 5.92 Å². The van der Waals surface area contributed by atoms with Gasteiger partial charge in [-0.25, -0.2) is 8.78 Å². The van der Waals surface area contributed by atoms with Crippen LogP contribution in [0.5, 0.6) is 0 Å². The Labute approximate surface area is 121 Å². The molecule has 1 aromatic carbocycles. The number of nitrogens with zero attached hydrogens (tertiary/aromatic N) is 1. The Bertz CT molecular complexity index is 574. The van der Waals surface area contributed by atoms with Gasteiger partial charge < -0.3 is 10.0 Å². The summed E-state index contributed by atoms with van der Waals surface area (Å²) in [7, 11) is 0. The van der Waals surface area contributed by atoms with Gasteiger partial charge in [0, 0.05) is 25.6 Å². The Morgan fingerprint density at radius 1 is 1.33 bits per heavy atom. The number of rotatable bonds is 3. The first kappa shape index (κ1) is 15.4. The van der Waals surface area contributed by atoms with Crippen molar-refractivity contribution in [2.75, 3.05) is 13.1 Å². The molecule has 0 aliphatic carbocycles. The number of carboxylic acids is 1. The zero-order valence-electron chi connectivity index (χ0n) is 11.7. The molecule has 1 aliphatic heterocycles. The van der Waals surface area contributed by atoms with Crippen LogP contribution in [-0.4, -0.2) is 35.0 Å². The Balaban J connectivity index is 2.16. The normalized spacial score (nSPS) is 18.6. The minimum absolute atomic E-state index is 0.00525. The summed E-state index contributed by atoms with van der Waals surface area (Å²) in [5.41, 5.74) is 0.0451. The maximum absolute atomic E-state index is 13.8. The van der Waals surface area contributed by atoms with E-state index in [-0.39, 0.29) is 23.5 Å². The molecule has 1 atom stereocenters. The number of hydrogen-bond acceptors (Lipinski definition) is 2. The number of aliphatic carboxylic acids is 1. The van der Waals surface area contributed by atoms with Crippen LogP contribution in [0.25, 0.3) is 0 Å². The molecule has 0 radical (unpaired) electrons. The maximum atomic E-state index is 13.8. The molecule has 1 unspecified atom stereocenters. The van der Waals surface area contributed by atoms with Crippen LogP contribution in [0, 0.1) is 24.5 Å². The van der Waals surface area contributed by atoms with Gasteiger partial charge in [-0.2, -0.15) is 0 Å². The van der Waals surface area contributed by atoms with Gasteiger partial charge in [0.1, 0.15) is 11.6 Å². The lowest BCUT2D eigenvalue weighted by atomic mass is 9.94. The predicted octanol–water partition coefficient (Wildman–Crippen LogP) is 2.60. The fourth-order valence-corrected chi connectivity index (χ4v) is 2.65. The lowest BCUT2D eigenvalue weighted by Gasteiger charge is -2.32. The van der Waals surface area contributed by atoms with Gasteiger partial charge in [-0.15, -0.1) is 0 Å². The zero-order valence-corrected chi connectivity index (χ0v) is 11.7. The van der Waals surface area contributed by atoms with E-state index in [4.69, 9.17) is 5.11 Å². The summed E-state index contributed by atoms with van der Waals surface area (Å²) in [6.07, 6.45) is 1.42. The van der Waals surface area contributed by atoms with Crippen molar-refractivity contribution in [3.63, 3.8) is 0 Å². The number of carbonyl (C=O) groups excluding carboxylic acids is 1. The Kier molecular flexibility index (Phi) is 4.55. The van der Waals surface area contributed by atoms with Crippen LogP contribution in [0.4, 0.5) is 8.78 Å². The summed E-state index contributed by atoms with van der Waals surface area (Å²) in [6, 6.07) is 1.91. The Morgan fingerprint density at radius 2 is 2.05 bits per heavy atom. The number of halogens is 2. The second kappa shape index (κ2) is 6.20. The van der Waals surface area contributed by atoms with Gasteiger partial charge >= 0.3 is 5.97 Å². The molecule has 21 heavy (non-hydrogen) atoms. The molecule has 1 fully saturated rings. The molecule has 1 heterocycles. The molecule has 4 nitrogen and oxygen atoms in total. The number of benzene rings is 1. The third-order valence-electron chi connectivity index (χ3n) is 3.75. The average Bonchev–Trinajstić information content (AvgIpc) is 2.41. The van der Waals surface area contributed by atoms with E-state index < -0.39 is 23.5 Å². The number of amides is 1. The van der Waals surface area contributed by atoms with Gasteiger partial charge in [0.05, 0.1) is 5.56 Å². The van der Waals surface area contributed by atoms with Gasteiger partial charge in [0.2, 0.25) is 0 Å². The van der Waals surface area contributed by atoms with Crippen LogP contribution in [0.2, 0.25) is 0 Å². The topological polar surface area (TPSA) is 57.6 Å². The van der Waals surface area contributed by atoms with Gasteiger partial charge in [0.25, 0.3) is 5.91 Å². The van der Waals surface area contributed by atoms with E-state index in [1.807, 2.05) is 0 Å². The summed E-state index contributed by atoms with van der Waals surface area (Å²) in [6.45, 7) is 2.22. The van der Waals surface area contributed by atoms with E-state index in [1.165, 1.54) is 17.9 Å². The van der Waals surface area contributed by atoms with Crippen molar-refractivity contribution in [3.8, 4) is 0 Å². The fourth-order valence-electron chi connectivity index (χ4n) is 2.65. The SMILES string of the molecule is Cc1cc(C(=O)N2CCCC(CC(=O)O)C2)c(F)cc1F. The molecule has 1 N–H and O–H groups in total.